The summed E-state index contributed by atoms with van der Waals surface area (Å²) in [6.07, 6.45) is 0.887. The predicted molar refractivity (Wildman–Crippen MR) is 71.0 cm³/mol. The summed E-state index contributed by atoms with van der Waals surface area (Å²) in [6, 6.07) is 9.81. The molecule has 1 aromatic heterocycles. The van der Waals surface area contributed by atoms with Crippen LogP contribution in [0.25, 0.3) is 10.9 Å². The number of hydrogen-bond donors (Lipinski definition) is 2. The molecule has 0 radical (unpaired) electrons. The molecule has 0 aliphatic carbocycles. The van der Waals surface area contributed by atoms with Crippen LogP contribution in [0.5, 0.6) is 0 Å². The minimum absolute atomic E-state index is 0.129. The van der Waals surface area contributed by atoms with Crippen LogP contribution in [-0.2, 0) is 0 Å². The molecular formula is C13H15N5. The van der Waals surface area contributed by atoms with Gasteiger partial charge in [-0.3, -0.25) is 0 Å². The van der Waals surface area contributed by atoms with E-state index >= 15 is 0 Å². The van der Waals surface area contributed by atoms with Crippen molar-refractivity contribution in [3.63, 3.8) is 0 Å². The fourth-order valence-electron chi connectivity index (χ4n) is 1.81. The highest BCUT2D eigenvalue weighted by molar-refractivity contribution is 5.92. The number of nitrogens with two attached hydrogens (primary N) is 1. The van der Waals surface area contributed by atoms with Crippen molar-refractivity contribution < 1.29 is 0 Å². The van der Waals surface area contributed by atoms with E-state index in [9.17, 15) is 0 Å². The molecule has 0 aliphatic rings. The van der Waals surface area contributed by atoms with Crippen molar-refractivity contribution in [1.82, 2.24) is 10.2 Å². The Morgan fingerprint density at radius 3 is 2.83 bits per heavy atom. The third kappa shape index (κ3) is 2.24. The summed E-state index contributed by atoms with van der Waals surface area (Å²) in [5, 5.41) is 21.3. The van der Waals surface area contributed by atoms with E-state index in [0.29, 0.717) is 12.2 Å². The standard InChI is InChI=1S/C13H15N5/c1-2-9(7-14)16-13-10-5-3-4-6-11(10)17-18-12(13)8-15/h3-6,9H,2,7,14H2,1H3,(H,16,17). The second-order valence-corrected chi connectivity index (χ2v) is 4.04. The number of hydrogen-bond acceptors (Lipinski definition) is 5. The van der Waals surface area contributed by atoms with Gasteiger partial charge in [-0.2, -0.15) is 5.26 Å². The Morgan fingerprint density at radius 2 is 2.17 bits per heavy atom. The fourth-order valence-corrected chi connectivity index (χ4v) is 1.81. The lowest BCUT2D eigenvalue weighted by Gasteiger charge is -2.17. The first kappa shape index (κ1) is 12.3. The van der Waals surface area contributed by atoms with E-state index in [1.165, 1.54) is 0 Å². The molecule has 5 nitrogen and oxygen atoms in total. The summed E-state index contributed by atoms with van der Waals surface area (Å²) in [7, 11) is 0. The zero-order valence-electron chi connectivity index (χ0n) is 10.2. The lowest BCUT2D eigenvalue weighted by molar-refractivity contribution is 0.703. The molecule has 92 valence electrons. The van der Waals surface area contributed by atoms with Crippen molar-refractivity contribution in [2.75, 3.05) is 11.9 Å². The van der Waals surface area contributed by atoms with Gasteiger partial charge in [-0.25, -0.2) is 0 Å². The summed E-state index contributed by atoms with van der Waals surface area (Å²) < 4.78 is 0. The topological polar surface area (TPSA) is 87.6 Å². The molecule has 0 fully saturated rings. The summed E-state index contributed by atoms with van der Waals surface area (Å²) in [5.41, 5.74) is 7.48. The van der Waals surface area contributed by atoms with Crippen LogP contribution < -0.4 is 11.1 Å². The van der Waals surface area contributed by atoms with Gasteiger partial charge in [-0.1, -0.05) is 25.1 Å². The van der Waals surface area contributed by atoms with Gasteiger partial charge in [0.1, 0.15) is 6.07 Å². The Balaban J connectivity index is 2.55. The number of rotatable bonds is 4. The molecule has 1 heterocycles. The Bertz CT molecular complexity index is 583. The number of nitriles is 1. The zero-order valence-corrected chi connectivity index (χ0v) is 10.2. The van der Waals surface area contributed by atoms with Crippen LogP contribution >= 0.6 is 0 Å². The largest absolute Gasteiger partial charge is 0.378 e. The van der Waals surface area contributed by atoms with Crippen LogP contribution in [-0.4, -0.2) is 22.8 Å². The highest BCUT2D eigenvalue weighted by atomic mass is 15.1. The molecule has 0 bridgehead atoms. The van der Waals surface area contributed by atoms with Crippen molar-refractivity contribution >= 4 is 16.6 Å². The quantitative estimate of drug-likeness (QED) is 0.849. The van der Waals surface area contributed by atoms with Crippen LogP contribution in [0.15, 0.2) is 24.3 Å². The molecule has 18 heavy (non-hydrogen) atoms. The Labute approximate surface area is 106 Å². The number of aromatic nitrogens is 2. The normalized spacial score (nSPS) is 12.1. The second-order valence-electron chi connectivity index (χ2n) is 4.04. The molecule has 3 N–H and O–H groups in total. The van der Waals surface area contributed by atoms with Crippen molar-refractivity contribution in [3.05, 3.63) is 30.0 Å². The Morgan fingerprint density at radius 1 is 1.39 bits per heavy atom. The molecule has 0 aliphatic heterocycles. The fraction of sp³-hybridized carbons (Fsp3) is 0.308. The molecule has 0 spiro atoms. The minimum atomic E-state index is 0.129. The molecular weight excluding hydrogens is 226 g/mol. The van der Waals surface area contributed by atoms with Crippen LogP contribution in [0.4, 0.5) is 5.69 Å². The van der Waals surface area contributed by atoms with E-state index in [1.54, 1.807) is 0 Å². The van der Waals surface area contributed by atoms with Crippen LogP contribution in [0.2, 0.25) is 0 Å². The average molecular weight is 241 g/mol. The van der Waals surface area contributed by atoms with Crippen molar-refractivity contribution in [1.29, 1.82) is 5.26 Å². The molecule has 0 amide bonds. The van der Waals surface area contributed by atoms with Gasteiger partial charge in [0.05, 0.1) is 11.2 Å². The van der Waals surface area contributed by atoms with Crippen LogP contribution in [0, 0.1) is 11.3 Å². The predicted octanol–water partition coefficient (Wildman–Crippen LogP) is 1.65. The van der Waals surface area contributed by atoms with E-state index < -0.39 is 0 Å². The van der Waals surface area contributed by atoms with Gasteiger partial charge in [-0.15, -0.1) is 10.2 Å². The number of fused-ring (bicyclic) bond motifs is 1. The molecule has 1 unspecified atom stereocenters. The van der Waals surface area contributed by atoms with Gasteiger partial charge in [0.25, 0.3) is 0 Å². The van der Waals surface area contributed by atoms with Gasteiger partial charge >= 0.3 is 0 Å². The lowest BCUT2D eigenvalue weighted by atomic mass is 10.1. The smallest absolute Gasteiger partial charge is 0.186 e. The van der Waals surface area contributed by atoms with Gasteiger partial charge in [0, 0.05) is 18.0 Å². The number of nitrogens with zero attached hydrogens (tertiary/aromatic N) is 3. The number of benzene rings is 1. The molecule has 0 saturated heterocycles. The van der Waals surface area contributed by atoms with Gasteiger partial charge in [0.2, 0.25) is 0 Å². The van der Waals surface area contributed by atoms with E-state index in [0.717, 1.165) is 23.0 Å². The maximum Gasteiger partial charge on any atom is 0.186 e. The van der Waals surface area contributed by atoms with Crippen molar-refractivity contribution in [2.45, 2.75) is 19.4 Å². The third-order valence-corrected chi connectivity index (χ3v) is 2.90. The monoisotopic (exact) mass is 241 g/mol. The molecule has 1 atom stereocenters. The second kappa shape index (κ2) is 5.43. The first-order valence-electron chi connectivity index (χ1n) is 5.92. The first-order valence-corrected chi connectivity index (χ1v) is 5.92. The summed E-state index contributed by atoms with van der Waals surface area (Å²) in [5.74, 6) is 0. The summed E-state index contributed by atoms with van der Waals surface area (Å²) in [6.45, 7) is 2.56. The van der Waals surface area contributed by atoms with Crippen LogP contribution in [0.1, 0.15) is 19.0 Å². The molecule has 2 rings (SSSR count). The highest BCUT2D eigenvalue weighted by Crippen LogP contribution is 2.24. The van der Waals surface area contributed by atoms with E-state index in [2.05, 4.69) is 21.6 Å². The van der Waals surface area contributed by atoms with Gasteiger partial charge in [-0.05, 0) is 12.5 Å². The first-order chi connectivity index (χ1) is 8.80. The SMILES string of the molecule is CCC(CN)Nc1c(C#N)nnc2ccccc12. The van der Waals surface area contributed by atoms with E-state index in [1.807, 2.05) is 31.2 Å². The Hall–Kier alpha value is -2.19. The maximum atomic E-state index is 9.11. The van der Waals surface area contributed by atoms with E-state index in [4.69, 9.17) is 11.0 Å². The molecule has 5 heteroatoms. The lowest BCUT2D eigenvalue weighted by Crippen LogP contribution is -2.28. The van der Waals surface area contributed by atoms with Crippen molar-refractivity contribution in [3.8, 4) is 6.07 Å². The Kier molecular flexibility index (Phi) is 3.70. The van der Waals surface area contributed by atoms with Gasteiger partial charge < -0.3 is 11.1 Å². The average Bonchev–Trinajstić information content (AvgIpc) is 2.44. The summed E-state index contributed by atoms with van der Waals surface area (Å²) in [4.78, 5) is 0. The molecule has 0 saturated carbocycles. The maximum absolute atomic E-state index is 9.11. The summed E-state index contributed by atoms with van der Waals surface area (Å²) >= 11 is 0. The molecule has 2 aromatic rings. The van der Waals surface area contributed by atoms with Crippen LogP contribution in [0.3, 0.4) is 0 Å². The molecule has 1 aromatic carbocycles. The number of nitrogens with one attached hydrogen (secondary N) is 1. The minimum Gasteiger partial charge on any atom is -0.378 e. The highest BCUT2D eigenvalue weighted by Gasteiger charge is 2.13. The van der Waals surface area contributed by atoms with E-state index in [-0.39, 0.29) is 6.04 Å². The van der Waals surface area contributed by atoms with Gasteiger partial charge in [0.15, 0.2) is 5.69 Å². The third-order valence-electron chi connectivity index (χ3n) is 2.90. The zero-order chi connectivity index (χ0) is 13.0. The van der Waals surface area contributed by atoms with Crippen molar-refractivity contribution in [2.24, 2.45) is 5.73 Å². The number of anilines is 1.